The van der Waals surface area contributed by atoms with Crippen LogP contribution in [-0.4, -0.2) is 24.0 Å². The lowest BCUT2D eigenvalue weighted by atomic mass is 10.3. The average molecular weight is 250 g/mol. The second kappa shape index (κ2) is 4.84. The van der Waals surface area contributed by atoms with Crippen molar-refractivity contribution in [2.75, 3.05) is 12.4 Å². The van der Waals surface area contributed by atoms with Crippen LogP contribution in [0.15, 0.2) is 29.8 Å². The van der Waals surface area contributed by atoms with Crippen LogP contribution in [0.4, 0.5) is 5.69 Å². The molecule has 0 aliphatic carbocycles. The van der Waals surface area contributed by atoms with E-state index in [2.05, 4.69) is 15.0 Å². The number of H-pyrrole nitrogens is 1. The van der Waals surface area contributed by atoms with Gasteiger partial charge in [0.2, 0.25) is 0 Å². The summed E-state index contributed by atoms with van der Waals surface area (Å²) in [6, 6.07) is 5.04. The van der Waals surface area contributed by atoms with Crippen LogP contribution < -0.4 is 5.32 Å². The summed E-state index contributed by atoms with van der Waals surface area (Å²) in [7, 11) is 1.30. The number of aromatic nitrogens is 1. The first-order chi connectivity index (χ1) is 8.22. The summed E-state index contributed by atoms with van der Waals surface area (Å²) in [5.74, 6) is -0.750. The molecule has 0 unspecified atom stereocenters. The Kier molecular flexibility index (Phi) is 3.24. The maximum absolute atomic E-state index is 11.7. The fourth-order valence-electron chi connectivity index (χ4n) is 1.32. The van der Waals surface area contributed by atoms with Crippen LogP contribution in [0.5, 0.6) is 0 Å². The quantitative estimate of drug-likeness (QED) is 0.819. The number of hydrogen-bond acceptors (Lipinski definition) is 4. The standard InChI is InChI=1S/C11H10N2O3S/c1-16-11(15)9-7(4-6-17-9)13-10(14)8-3-2-5-12-8/h2-6,12H,1H3,(H,13,14). The van der Waals surface area contributed by atoms with Gasteiger partial charge < -0.3 is 15.0 Å². The van der Waals surface area contributed by atoms with Crippen molar-refractivity contribution < 1.29 is 14.3 Å². The molecule has 0 spiro atoms. The van der Waals surface area contributed by atoms with Gasteiger partial charge in [0.15, 0.2) is 0 Å². The van der Waals surface area contributed by atoms with Gasteiger partial charge in [-0.05, 0) is 23.6 Å². The summed E-state index contributed by atoms with van der Waals surface area (Å²) in [6.45, 7) is 0. The number of ether oxygens (including phenoxy) is 1. The molecule has 6 heteroatoms. The zero-order valence-electron chi connectivity index (χ0n) is 9.02. The van der Waals surface area contributed by atoms with Crippen molar-refractivity contribution in [3.8, 4) is 0 Å². The number of anilines is 1. The zero-order chi connectivity index (χ0) is 12.3. The second-order valence-corrected chi connectivity index (χ2v) is 4.11. The molecule has 17 heavy (non-hydrogen) atoms. The highest BCUT2D eigenvalue weighted by atomic mass is 32.1. The van der Waals surface area contributed by atoms with E-state index in [-0.39, 0.29) is 5.91 Å². The fraction of sp³-hybridized carbons (Fsp3) is 0.0909. The first-order valence-electron chi connectivity index (χ1n) is 4.83. The van der Waals surface area contributed by atoms with Crippen molar-refractivity contribution in [2.24, 2.45) is 0 Å². The summed E-state index contributed by atoms with van der Waals surface area (Å²) in [6.07, 6.45) is 1.66. The normalized spacial score (nSPS) is 9.94. The highest BCUT2D eigenvalue weighted by Crippen LogP contribution is 2.23. The lowest BCUT2D eigenvalue weighted by Crippen LogP contribution is -2.14. The molecule has 5 nitrogen and oxygen atoms in total. The third-order valence-corrected chi connectivity index (χ3v) is 3.02. The van der Waals surface area contributed by atoms with Crippen molar-refractivity contribution in [1.29, 1.82) is 0 Å². The number of thiophene rings is 1. The van der Waals surface area contributed by atoms with Crippen molar-refractivity contribution in [2.45, 2.75) is 0 Å². The van der Waals surface area contributed by atoms with Crippen LogP contribution in [0.1, 0.15) is 20.2 Å². The van der Waals surface area contributed by atoms with Crippen molar-refractivity contribution >= 4 is 28.9 Å². The Labute approximate surface area is 101 Å². The maximum atomic E-state index is 11.7. The molecule has 0 saturated heterocycles. The molecule has 2 heterocycles. The predicted octanol–water partition coefficient (Wildman–Crippen LogP) is 2.12. The number of amides is 1. The Bertz CT molecular complexity index is 531. The monoisotopic (exact) mass is 250 g/mol. The molecule has 2 rings (SSSR count). The van der Waals surface area contributed by atoms with Gasteiger partial charge in [-0.2, -0.15) is 0 Å². The molecule has 0 aromatic carbocycles. The Hall–Kier alpha value is -2.08. The average Bonchev–Trinajstić information content (AvgIpc) is 2.98. The van der Waals surface area contributed by atoms with E-state index in [1.54, 1.807) is 29.8 Å². The smallest absolute Gasteiger partial charge is 0.350 e. The van der Waals surface area contributed by atoms with E-state index >= 15 is 0 Å². The van der Waals surface area contributed by atoms with Gasteiger partial charge in [0.05, 0.1) is 12.8 Å². The van der Waals surface area contributed by atoms with Crippen molar-refractivity contribution in [3.05, 3.63) is 40.3 Å². The number of hydrogen-bond donors (Lipinski definition) is 2. The topological polar surface area (TPSA) is 71.2 Å². The van der Waals surface area contributed by atoms with Gasteiger partial charge in [0.1, 0.15) is 10.6 Å². The molecule has 2 N–H and O–H groups in total. The maximum Gasteiger partial charge on any atom is 0.350 e. The first kappa shape index (κ1) is 11.4. The Morgan fingerprint density at radius 1 is 1.41 bits per heavy atom. The van der Waals surface area contributed by atoms with Gasteiger partial charge in [0.25, 0.3) is 5.91 Å². The summed E-state index contributed by atoms with van der Waals surface area (Å²) in [4.78, 5) is 26.3. The fourth-order valence-corrected chi connectivity index (χ4v) is 2.09. The highest BCUT2D eigenvalue weighted by molar-refractivity contribution is 7.12. The van der Waals surface area contributed by atoms with E-state index in [0.717, 1.165) is 0 Å². The molecule has 0 atom stereocenters. The Morgan fingerprint density at radius 3 is 2.88 bits per heavy atom. The van der Waals surface area contributed by atoms with Gasteiger partial charge in [-0.3, -0.25) is 4.79 Å². The number of esters is 1. The van der Waals surface area contributed by atoms with E-state index < -0.39 is 5.97 Å². The summed E-state index contributed by atoms with van der Waals surface area (Å²) in [5, 5.41) is 4.37. The molecule has 0 aliphatic heterocycles. The largest absolute Gasteiger partial charge is 0.465 e. The number of carbonyl (C=O) groups excluding carboxylic acids is 2. The molecule has 88 valence electrons. The molecular weight excluding hydrogens is 240 g/mol. The van der Waals surface area contributed by atoms with E-state index in [4.69, 9.17) is 0 Å². The van der Waals surface area contributed by atoms with Crippen LogP contribution in [0.3, 0.4) is 0 Å². The molecule has 0 bridgehead atoms. The molecule has 0 fully saturated rings. The van der Waals surface area contributed by atoms with Gasteiger partial charge in [-0.25, -0.2) is 4.79 Å². The molecule has 0 saturated carbocycles. The minimum Gasteiger partial charge on any atom is -0.465 e. The van der Waals surface area contributed by atoms with E-state index in [0.29, 0.717) is 16.3 Å². The van der Waals surface area contributed by atoms with Gasteiger partial charge in [0, 0.05) is 6.20 Å². The van der Waals surface area contributed by atoms with E-state index in [9.17, 15) is 9.59 Å². The minimum atomic E-state index is -0.457. The summed E-state index contributed by atoms with van der Waals surface area (Å²) >= 11 is 1.22. The SMILES string of the molecule is COC(=O)c1sccc1NC(=O)c1ccc[nH]1. The van der Waals surface area contributed by atoms with E-state index in [1.165, 1.54) is 18.4 Å². The predicted molar refractivity (Wildman–Crippen MR) is 64.4 cm³/mol. The number of methoxy groups -OCH3 is 1. The van der Waals surface area contributed by atoms with Crippen molar-refractivity contribution in [1.82, 2.24) is 4.98 Å². The lowest BCUT2D eigenvalue weighted by molar-refractivity contribution is 0.0607. The summed E-state index contributed by atoms with van der Waals surface area (Å²) in [5.41, 5.74) is 0.897. The molecular formula is C11H10N2O3S. The third-order valence-electron chi connectivity index (χ3n) is 2.13. The molecule has 0 radical (unpaired) electrons. The first-order valence-corrected chi connectivity index (χ1v) is 5.71. The van der Waals surface area contributed by atoms with Crippen LogP contribution in [-0.2, 0) is 4.74 Å². The molecule has 1 amide bonds. The number of aromatic amines is 1. The van der Waals surface area contributed by atoms with Crippen LogP contribution in [0.2, 0.25) is 0 Å². The molecule has 2 aromatic rings. The van der Waals surface area contributed by atoms with Gasteiger partial charge in [-0.1, -0.05) is 0 Å². The number of rotatable bonds is 3. The Morgan fingerprint density at radius 2 is 2.24 bits per heavy atom. The van der Waals surface area contributed by atoms with Gasteiger partial charge in [-0.15, -0.1) is 11.3 Å². The van der Waals surface area contributed by atoms with Crippen LogP contribution >= 0.6 is 11.3 Å². The second-order valence-electron chi connectivity index (χ2n) is 3.19. The molecule has 2 aromatic heterocycles. The lowest BCUT2D eigenvalue weighted by Gasteiger charge is -2.03. The minimum absolute atomic E-state index is 0.293. The zero-order valence-corrected chi connectivity index (χ0v) is 9.84. The Balaban J connectivity index is 2.17. The van der Waals surface area contributed by atoms with Crippen LogP contribution in [0, 0.1) is 0 Å². The highest BCUT2D eigenvalue weighted by Gasteiger charge is 2.16. The number of nitrogens with one attached hydrogen (secondary N) is 2. The number of carbonyl (C=O) groups is 2. The van der Waals surface area contributed by atoms with E-state index in [1.807, 2.05) is 0 Å². The van der Waals surface area contributed by atoms with Crippen molar-refractivity contribution in [3.63, 3.8) is 0 Å². The van der Waals surface area contributed by atoms with Gasteiger partial charge >= 0.3 is 5.97 Å². The summed E-state index contributed by atoms with van der Waals surface area (Å²) < 4.78 is 4.62. The third kappa shape index (κ3) is 2.36. The molecule has 0 aliphatic rings. The van der Waals surface area contributed by atoms with Crippen LogP contribution in [0.25, 0.3) is 0 Å².